The van der Waals surface area contributed by atoms with Crippen LogP contribution < -0.4 is 11.5 Å². The van der Waals surface area contributed by atoms with Crippen molar-refractivity contribution in [2.24, 2.45) is 11.5 Å². The van der Waals surface area contributed by atoms with Gasteiger partial charge in [-0.1, -0.05) is 20.2 Å². The summed E-state index contributed by atoms with van der Waals surface area (Å²) in [6.45, 7) is 41.0. The molecule has 7 N–H and O–H groups in total. The van der Waals surface area contributed by atoms with Crippen LogP contribution >= 0.6 is 0 Å². The van der Waals surface area contributed by atoms with E-state index >= 15 is 0 Å². The number of hydrogen-bond donors (Lipinski definition) is 5. The first-order valence-corrected chi connectivity index (χ1v) is 30.5. The molecule has 0 aliphatic carbocycles. The van der Waals surface area contributed by atoms with E-state index in [9.17, 15) is 43.7 Å². The molecule has 0 atom stereocenters. The number of carbonyl (C=O) groups excluding carboxylic acids is 7. The Morgan fingerprint density at radius 2 is 0.538 bits per heavy atom. The van der Waals surface area contributed by atoms with E-state index in [1.54, 1.807) is 125 Å². The summed E-state index contributed by atoms with van der Waals surface area (Å²) in [5.41, 5.74) is 3.38. The van der Waals surface area contributed by atoms with E-state index < -0.39 is 118 Å². The molecule has 0 unspecified atom stereocenters. The van der Waals surface area contributed by atoms with Gasteiger partial charge in [-0.05, 0) is 145 Å². The maximum Gasteiger partial charge on any atom is 0.330 e. The maximum absolute atomic E-state index is 12.1. The Labute approximate surface area is 557 Å². The number of aliphatic hydroxyl groups excluding tert-OH is 3. The van der Waals surface area contributed by atoms with Gasteiger partial charge in [0.05, 0.1) is 145 Å². The number of nitrogens with two attached hydrogens (primary N) is 2. The molecular weight excluding hydrogens is 1220 g/mol. The molecule has 0 aromatic rings. The van der Waals surface area contributed by atoms with Crippen LogP contribution in [0.15, 0.2) is 12.7 Å². The predicted octanol–water partition coefficient (Wildman–Crippen LogP) is 5.76. The Hall–Kier alpha value is -4.88. The SMILES string of the molecule is C=CC(=O)OC(C)(C)C.CC(C)(C)OC(=O)CCOCC(COCCC(=O)OC(C)(C)C)(COCCC(=O)OC(C)(C)C)[N+](=O)[O-].CC(C)(C)OC(=O)CCOCC(N)(COCCC(=O)OC(C)(C)C)COCCC(=O)OC(C)(C)C.NC(CO)(CO)CO.[B]C.[B]C. The van der Waals surface area contributed by atoms with Gasteiger partial charge in [0.15, 0.2) is 0 Å². The van der Waals surface area contributed by atoms with Crippen molar-refractivity contribution in [2.75, 3.05) is 99.1 Å². The highest BCUT2D eigenvalue weighted by molar-refractivity contribution is 6.05. The summed E-state index contributed by atoms with van der Waals surface area (Å²) in [5, 5.41) is 37.1. The summed E-state index contributed by atoms with van der Waals surface area (Å²) in [6.07, 6.45) is 1.11. The molecule has 0 fully saturated rings. The van der Waals surface area contributed by atoms with Gasteiger partial charge in [-0.15, -0.1) is 0 Å². The van der Waals surface area contributed by atoms with Gasteiger partial charge in [0, 0.05) is 11.0 Å². The van der Waals surface area contributed by atoms with E-state index in [1.165, 1.54) is 13.6 Å². The zero-order valence-electron chi connectivity index (χ0n) is 60.7. The highest BCUT2D eigenvalue weighted by Crippen LogP contribution is 2.18. The van der Waals surface area contributed by atoms with Gasteiger partial charge in [0.1, 0.15) is 59.0 Å². The summed E-state index contributed by atoms with van der Waals surface area (Å²) < 4.78 is 69.3. The summed E-state index contributed by atoms with van der Waals surface area (Å²) in [5.74, 6) is -2.99. The third-order valence-electron chi connectivity index (χ3n) is 9.41. The predicted molar refractivity (Wildman–Crippen MR) is 352 cm³/mol. The lowest BCUT2D eigenvalue weighted by Gasteiger charge is -2.29. The molecular formula is C63H121B2N3O25. The minimum absolute atomic E-state index is 0.0364. The van der Waals surface area contributed by atoms with Gasteiger partial charge in [-0.3, -0.25) is 38.9 Å². The van der Waals surface area contributed by atoms with E-state index in [2.05, 4.69) is 22.3 Å². The molecule has 0 saturated heterocycles. The topological polar surface area (TPSA) is 395 Å². The van der Waals surface area contributed by atoms with Gasteiger partial charge in [0.2, 0.25) is 0 Å². The van der Waals surface area contributed by atoms with Crippen molar-refractivity contribution in [2.45, 2.75) is 253 Å². The zero-order chi connectivity index (χ0) is 74.4. The van der Waals surface area contributed by atoms with Gasteiger partial charge < -0.3 is 88.4 Å². The van der Waals surface area contributed by atoms with Crippen molar-refractivity contribution in [3.05, 3.63) is 22.8 Å². The molecule has 0 amide bonds. The van der Waals surface area contributed by atoms with E-state index in [0.29, 0.717) is 0 Å². The summed E-state index contributed by atoms with van der Waals surface area (Å²) in [6, 6.07) is 0. The number of aliphatic hydroxyl groups is 3. The van der Waals surface area contributed by atoms with E-state index in [1.807, 2.05) is 20.8 Å². The summed E-state index contributed by atoms with van der Waals surface area (Å²) >= 11 is 0. The van der Waals surface area contributed by atoms with E-state index in [-0.39, 0.29) is 122 Å². The first kappa shape index (κ1) is 99.2. The molecule has 30 heteroatoms. The summed E-state index contributed by atoms with van der Waals surface area (Å²) in [7, 11) is 9.00. The molecule has 0 heterocycles. The van der Waals surface area contributed by atoms with Gasteiger partial charge >= 0.3 is 41.8 Å². The number of ether oxygens (including phenoxy) is 13. The number of nitrogens with zero attached hydrogens (tertiary/aromatic N) is 1. The van der Waals surface area contributed by atoms with Crippen LogP contribution in [-0.2, 0) is 95.1 Å². The minimum atomic E-state index is -1.84. The van der Waals surface area contributed by atoms with E-state index in [0.717, 1.165) is 6.08 Å². The first-order valence-electron chi connectivity index (χ1n) is 30.5. The third kappa shape index (κ3) is 69.8. The van der Waals surface area contributed by atoms with E-state index in [4.69, 9.17) is 88.4 Å². The molecule has 544 valence electrons. The molecule has 0 aromatic carbocycles. The Morgan fingerprint density at radius 3 is 0.656 bits per heavy atom. The van der Waals surface area contributed by atoms with Crippen LogP contribution in [0.25, 0.3) is 0 Å². The Balaban J connectivity index is -0.000000311. The van der Waals surface area contributed by atoms with Crippen molar-refractivity contribution >= 4 is 57.5 Å². The van der Waals surface area contributed by atoms with Gasteiger partial charge in [-0.25, -0.2) is 4.79 Å². The molecule has 4 radical (unpaired) electrons. The molecule has 0 aliphatic rings. The lowest BCUT2D eigenvalue weighted by atomic mass is 10.0. The van der Waals surface area contributed by atoms with Crippen molar-refractivity contribution < 1.29 is 115 Å². The van der Waals surface area contributed by atoms with Crippen LogP contribution in [0.2, 0.25) is 13.6 Å². The Kier molecular flexibility index (Phi) is 52.9. The summed E-state index contributed by atoms with van der Waals surface area (Å²) in [4.78, 5) is 93.2. The standard InChI is InChI=1S/C25H45NO11.C25H47NO9.C7H12O2.C4H11NO3.2CH3B/c1-22(2,3)35-19(27)10-13-32-16-25(26(30)31,17-33-14-11-20(28)36-23(4,5)6)18-34-15-12-21(29)37-24(7,8)9;1-22(2,3)33-19(27)10-13-30-16-25(26,17-31-14-11-20(28)34-23(4,5)6)18-32-15-12-21(29)35-24(7,8)9;1-5-6(8)9-7(2,3)4;5-4(1-6,2-7)3-8;2*1-2/h10-18H2,1-9H3;10-18,26H2,1-9H3;5H,1H2,2-4H3;6-8H,1-3,5H2;2*1H3. The fourth-order valence-electron chi connectivity index (χ4n) is 5.80. The lowest BCUT2D eigenvalue weighted by Crippen LogP contribution is -2.53. The molecule has 0 spiro atoms. The van der Waals surface area contributed by atoms with Crippen molar-refractivity contribution in [1.29, 1.82) is 0 Å². The second kappa shape index (κ2) is 49.6. The average Bonchev–Trinajstić information content (AvgIpc) is 0.973. The molecule has 0 aliphatic heterocycles. The zero-order valence-corrected chi connectivity index (χ0v) is 60.7. The number of rotatable bonds is 35. The highest BCUT2D eigenvalue weighted by atomic mass is 16.7. The molecule has 0 bridgehead atoms. The fourth-order valence-corrected chi connectivity index (χ4v) is 5.80. The van der Waals surface area contributed by atoms with Crippen molar-refractivity contribution in [1.82, 2.24) is 0 Å². The van der Waals surface area contributed by atoms with Crippen molar-refractivity contribution in [3.63, 3.8) is 0 Å². The molecule has 0 rings (SSSR count). The molecule has 0 saturated carbocycles. The van der Waals surface area contributed by atoms with Crippen LogP contribution in [0.1, 0.15) is 184 Å². The quantitative estimate of drug-likeness (QED) is 0.00957. The minimum Gasteiger partial charge on any atom is -0.460 e. The van der Waals surface area contributed by atoms with Crippen LogP contribution in [0.4, 0.5) is 0 Å². The van der Waals surface area contributed by atoms with Crippen LogP contribution in [0.3, 0.4) is 0 Å². The lowest BCUT2D eigenvalue weighted by molar-refractivity contribution is -0.583. The monoisotopic (exact) mass is 1340 g/mol. The van der Waals surface area contributed by atoms with Crippen molar-refractivity contribution in [3.8, 4) is 0 Å². The van der Waals surface area contributed by atoms with Crippen LogP contribution in [0, 0.1) is 10.1 Å². The average molecular weight is 1340 g/mol. The maximum atomic E-state index is 12.1. The molecule has 0 aromatic heterocycles. The van der Waals surface area contributed by atoms with Crippen LogP contribution in [-0.4, -0.2) is 233 Å². The normalized spacial score (nSPS) is 12.0. The number of carbonyl (C=O) groups is 7. The van der Waals surface area contributed by atoms with Gasteiger partial charge in [0.25, 0.3) is 5.54 Å². The number of hydrogen-bond acceptors (Lipinski definition) is 27. The molecule has 28 nitrogen and oxygen atoms in total. The highest BCUT2D eigenvalue weighted by Gasteiger charge is 2.45. The largest absolute Gasteiger partial charge is 0.460 e. The fraction of sp³-hybridized carbons (Fsp3) is 0.857. The smallest absolute Gasteiger partial charge is 0.330 e. The Bertz CT molecular complexity index is 1900. The second-order valence-electron chi connectivity index (χ2n) is 27.8. The Morgan fingerprint density at radius 1 is 0.366 bits per heavy atom. The van der Waals surface area contributed by atoms with Gasteiger partial charge in [-0.2, -0.15) is 0 Å². The molecule has 93 heavy (non-hydrogen) atoms. The number of esters is 7. The number of nitro groups is 1. The second-order valence-corrected chi connectivity index (χ2v) is 27.8. The third-order valence-corrected chi connectivity index (χ3v) is 9.41. The van der Waals surface area contributed by atoms with Crippen LogP contribution in [0.5, 0.6) is 0 Å². The first-order chi connectivity index (χ1) is 42.2.